The molecule has 1 rings (SSSR count). The van der Waals surface area contributed by atoms with E-state index in [1.54, 1.807) is 0 Å². The predicted octanol–water partition coefficient (Wildman–Crippen LogP) is 3.72. The maximum absolute atomic E-state index is 11.1. The molecule has 0 aromatic rings. The summed E-state index contributed by atoms with van der Waals surface area (Å²) in [5.74, 6) is 0.663. The fourth-order valence-corrected chi connectivity index (χ4v) is 3.74. The van der Waals surface area contributed by atoms with Crippen molar-refractivity contribution in [2.24, 2.45) is 17.3 Å². The number of aliphatic carboxylic acids is 1. The molecule has 1 aliphatic rings. The highest BCUT2D eigenvalue weighted by atomic mass is 35.5. The molecule has 4 heteroatoms. The molecule has 0 saturated heterocycles. The molecule has 0 bridgehead atoms. The molecule has 0 heterocycles. The molecule has 1 aliphatic carbocycles. The lowest BCUT2D eigenvalue weighted by atomic mass is 9.64. The van der Waals surface area contributed by atoms with Crippen molar-refractivity contribution in [1.29, 1.82) is 0 Å². The number of carboxylic acid groups (broad SMARTS) is 1. The maximum Gasteiger partial charge on any atom is 0.303 e. The van der Waals surface area contributed by atoms with Gasteiger partial charge < -0.3 is 10.4 Å². The van der Waals surface area contributed by atoms with Crippen LogP contribution in [0.25, 0.3) is 0 Å². The van der Waals surface area contributed by atoms with Crippen molar-refractivity contribution < 1.29 is 9.90 Å². The number of carbonyl (C=O) groups is 1. The van der Waals surface area contributed by atoms with Crippen molar-refractivity contribution in [2.45, 2.75) is 59.3 Å². The molecule has 0 amide bonds. The van der Waals surface area contributed by atoms with Crippen molar-refractivity contribution >= 4 is 18.4 Å². The van der Waals surface area contributed by atoms with Crippen LogP contribution in [0.4, 0.5) is 0 Å². The Morgan fingerprint density at radius 2 is 1.89 bits per heavy atom. The van der Waals surface area contributed by atoms with E-state index in [2.05, 4.69) is 26.1 Å². The molecule has 1 fully saturated rings. The Bertz CT molecular complexity index is 261. The summed E-state index contributed by atoms with van der Waals surface area (Å²) in [4.78, 5) is 11.1. The quantitative estimate of drug-likeness (QED) is 0.703. The molecule has 0 radical (unpaired) electrons. The summed E-state index contributed by atoms with van der Waals surface area (Å²) in [6.45, 7) is 8.59. The number of halogens is 1. The number of rotatable bonds is 7. The molecular formula is C15H30ClNO2. The van der Waals surface area contributed by atoms with Gasteiger partial charge in [-0.3, -0.25) is 4.79 Å². The first kappa shape index (κ1) is 18.7. The lowest BCUT2D eigenvalue weighted by Crippen LogP contribution is -2.42. The first-order chi connectivity index (χ1) is 8.47. The highest BCUT2D eigenvalue weighted by molar-refractivity contribution is 5.85. The molecule has 0 aliphatic heterocycles. The summed E-state index contributed by atoms with van der Waals surface area (Å²) in [6.07, 6.45) is 6.04. The molecule has 0 aromatic carbocycles. The predicted molar refractivity (Wildman–Crippen MR) is 81.9 cm³/mol. The third-order valence-electron chi connectivity index (χ3n) is 4.10. The Hall–Kier alpha value is -0.280. The van der Waals surface area contributed by atoms with Gasteiger partial charge in [0.1, 0.15) is 0 Å². The van der Waals surface area contributed by atoms with Gasteiger partial charge in [-0.2, -0.15) is 0 Å². The first-order valence-electron chi connectivity index (χ1n) is 7.40. The number of hydrogen-bond donors (Lipinski definition) is 2. The van der Waals surface area contributed by atoms with Crippen LogP contribution in [-0.4, -0.2) is 24.2 Å². The van der Waals surface area contributed by atoms with E-state index in [1.807, 2.05) is 0 Å². The summed E-state index contributed by atoms with van der Waals surface area (Å²) in [5, 5.41) is 12.7. The topological polar surface area (TPSA) is 49.3 Å². The number of carboxylic acids is 1. The van der Waals surface area contributed by atoms with E-state index in [4.69, 9.17) is 0 Å². The standard InChI is InChI=1S/C15H29NO2.ClH/c1-4-5-6-16-11-15(10-14(17)18)8-12(2)7-13(3)9-15;/h12-13,16H,4-11H2,1-3H3,(H,17,18);1H/t12-,13+,15?;. The number of nitrogens with one attached hydrogen (secondary N) is 1. The van der Waals surface area contributed by atoms with Crippen LogP contribution in [0.2, 0.25) is 0 Å². The van der Waals surface area contributed by atoms with E-state index in [0.29, 0.717) is 18.3 Å². The van der Waals surface area contributed by atoms with Crippen molar-refractivity contribution in [1.82, 2.24) is 5.32 Å². The third kappa shape index (κ3) is 6.62. The van der Waals surface area contributed by atoms with Crippen molar-refractivity contribution in [3.63, 3.8) is 0 Å². The highest BCUT2D eigenvalue weighted by Gasteiger charge is 2.39. The van der Waals surface area contributed by atoms with Crippen LogP contribution < -0.4 is 5.32 Å². The Morgan fingerprint density at radius 3 is 2.37 bits per heavy atom. The fourth-order valence-electron chi connectivity index (χ4n) is 3.74. The third-order valence-corrected chi connectivity index (χ3v) is 4.10. The zero-order valence-electron chi connectivity index (χ0n) is 12.6. The normalized spacial score (nSPS) is 30.7. The average Bonchev–Trinajstić information content (AvgIpc) is 2.21. The number of unbranched alkanes of at least 4 members (excludes halogenated alkanes) is 1. The van der Waals surface area contributed by atoms with Crippen molar-refractivity contribution in [3.8, 4) is 0 Å². The monoisotopic (exact) mass is 291 g/mol. The van der Waals surface area contributed by atoms with Crippen molar-refractivity contribution in [3.05, 3.63) is 0 Å². The van der Waals surface area contributed by atoms with E-state index in [1.165, 1.54) is 19.3 Å². The average molecular weight is 292 g/mol. The second-order valence-electron chi connectivity index (χ2n) is 6.46. The van der Waals surface area contributed by atoms with E-state index < -0.39 is 5.97 Å². The van der Waals surface area contributed by atoms with Gasteiger partial charge in [0.2, 0.25) is 0 Å². The highest BCUT2D eigenvalue weighted by Crippen LogP contribution is 2.44. The smallest absolute Gasteiger partial charge is 0.303 e. The van der Waals surface area contributed by atoms with E-state index in [0.717, 1.165) is 25.9 Å². The van der Waals surface area contributed by atoms with Gasteiger partial charge in [0.05, 0.1) is 6.42 Å². The lowest BCUT2D eigenvalue weighted by Gasteiger charge is -2.42. The second-order valence-corrected chi connectivity index (χ2v) is 6.46. The molecule has 0 spiro atoms. The summed E-state index contributed by atoms with van der Waals surface area (Å²) < 4.78 is 0. The van der Waals surface area contributed by atoms with Gasteiger partial charge in [0.25, 0.3) is 0 Å². The molecule has 114 valence electrons. The Labute approximate surface area is 124 Å². The van der Waals surface area contributed by atoms with Gasteiger partial charge in [-0.1, -0.05) is 27.2 Å². The Kier molecular flexibility index (Phi) is 8.67. The van der Waals surface area contributed by atoms with Gasteiger partial charge in [0.15, 0.2) is 0 Å². The second kappa shape index (κ2) is 8.80. The van der Waals surface area contributed by atoms with Crippen LogP contribution in [-0.2, 0) is 4.79 Å². The van der Waals surface area contributed by atoms with Gasteiger partial charge >= 0.3 is 5.97 Å². The van der Waals surface area contributed by atoms with Crippen molar-refractivity contribution in [2.75, 3.05) is 13.1 Å². The zero-order valence-corrected chi connectivity index (χ0v) is 13.4. The molecule has 0 aromatic heterocycles. The largest absolute Gasteiger partial charge is 0.481 e. The molecule has 3 nitrogen and oxygen atoms in total. The lowest BCUT2D eigenvalue weighted by molar-refractivity contribution is -0.140. The molecule has 1 unspecified atom stereocenters. The summed E-state index contributed by atoms with van der Waals surface area (Å²) in [7, 11) is 0. The SMILES string of the molecule is CCCCNCC1(CC(=O)O)C[C@H](C)C[C@H](C)C1.Cl. The molecular weight excluding hydrogens is 262 g/mol. The minimum absolute atomic E-state index is 0. The molecule has 3 atom stereocenters. The number of hydrogen-bond acceptors (Lipinski definition) is 2. The molecule has 19 heavy (non-hydrogen) atoms. The van der Waals surface area contributed by atoms with Crippen LogP contribution in [0.3, 0.4) is 0 Å². The first-order valence-corrected chi connectivity index (χ1v) is 7.40. The van der Waals surface area contributed by atoms with Gasteiger partial charge in [0, 0.05) is 6.54 Å². The van der Waals surface area contributed by atoms with Crippen LogP contribution in [0.5, 0.6) is 0 Å². The van der Waals surface area contributed by atoms with Gasteiger partial charge in [-0.25, -0.2) is 0 Å². The zero-order chi connectivity index (χ0) is 13.6. The molecule has 2 N–H and O–H groups in total. The van der Waals surface area contributed by atoms with E-state index in [-0.39, 0.29) is 17.8 Å². The van der Waals surface area contributed by atoms with Gasteiger partial charge in [-0.15, -0.1) is 12.4 Å². The van der Waals surface area contributed by atoms with Gasteiger partial charge in [-0.05, 0) is 49.5 Å². The van der Waals surface area contributed by atoms with E-state index in [9.17, 15) is 9.90 Å². The van der Waals surface area contributed by atoms with Crippen LogP contribution in [0.15, 0.2) is 0 Å². The summed E-state index contributed by atoms with van der Waals surface area (Å²) >= 11 is 0. The maximum atomic E-state index is 11.1. The van der Waals surface area contributed by atoms with Crippen LogP contribution >= 0.6 is 12.4 Å². The Balaban J connectivity index is 0.00000324. The minimum atomic E-state index is -0.645. The summed E-state index contributed by atoms with van der Waals surface area (Å²) in [5.41, 5.74) is -0.0172. The van der Waals surface area contributed by atoms with Crippen LogP contribution in [0, 0.1) is 17.3 Å². The molecule has 1 saturated carbocycles. The Morgan fingerprint density at radius 1 is 1.32 bits per heavy atom. The van der Waals surface area contributed by atoms with E-state index >= 15 is 0 Å². The minimum Gasteiger partial charge on any atom is -0.481 e. The van der Waals surface area contributed by atoms with Crippen LogP contribution in [0.1, 0.15) is 59.3 Å². The fraction of sp³-hybridized carbons (Fsp3) is 0.933. The summed E-state index contributed by atoms with van der Waals surface area (Å²) in [6, 6.07) is 0.